The molecule has 1 unspecified atom stereocenters. The molecule has 0 radical (unpaired) electrons. The molecule has 1 aliphatic rings. The number of carbonyl (C=O) groups excluding carboxylic acids is 2. The Labute approximate surface area is 105 Å². The van der Waals surface area contributed by atoms with Gasteiger partial charge in [0.25, 0.3) is 0 Å². The van der Waals surface area contributed by atoms with Crippen molar-refractivity contribution < 1.29 is 19.5 Å². The van der Waals surface area contributed by atoms with Crippen LogP contribution in [0.2, 0.25) is 0 Å². The Morgan fingerprint density at radius 3 is 2.61 bits per heavy atom. The zero-order chi connectivity index (χ0) is 13.7. The number of hydrogen-bond donors (Lipinski definition) is 3. The van der Waals surface area contributed by atoms with Crippen molar-refractivity contribution in [3.8, 4) is 0 Å². The fraction of sp³-hybridized carbons (Fsp3) is 0.727. The Kier molecular flexibility index (Phi) is 5.08. The van der Waals surface area contributed by atoms with Gasteiger partial charge < -0.3 is 21.1 Å². The molecule has 0 aromatic carbocycles. The van der Waals surface area contributed by atoms with Crippen LogP contribution in [0, 0.1) is 5.92 Å². The molecule has 1 heterocycles. The molecule has 2 amide bonds. The summed E-state index contributed by atoms with van der Waals surface area (Å²) in [6, 6.07) is -1.05. The number of carboxylic acids is 1. The van der Waals surface area contributed by atoms with E-state index in [1.807, 2.05) is 11.9 Å². The highest BCUT2D eigenvalue weighted by molar-refractivity contribution is 5.85. The van der Waals surface area contributed by atoms with Gasteiger partial charge in [-0.3, -0.25) is 9.59 Å². The Morgan fingerprint density at radius 2 is 2.17 bits per heavy atom. The van der Waals surface area contributed by atoms with E-state index in [2.05, 4.69) is 5.32 Å². The largest absolute Gasteiger partial charge is 0.480 e. The van der Waals surface area contributed by atoms with Crippen LogP contribution in [0.4, 0.5) is 0 Å². The first-order chi connectivity index (χ1) is 8.40. The molecular weight excluding hydrogens is 238 g/mol. The van der Waals surface area contributed by atoms with Crippen LogP contribution in [0.3, 0.4) is 0 Å². The predicted molar refractivity (Wildman–Crippen MR) is 63.6 cm³/mol. The number of aliphatic carboxylic acids is 1. The Morgan fingerprint density at radius 1 is 1.50 bits per heavy atom. The van der Waals surface area contributed by atoms with Crippen LogP contribution in [-0.4, -0.2) is 54.0 Å². The molecule has 0 saturated carbocycles. The monoisotopic (exact) mass is 257 g/mol. The summed E-state index contributed by atoms with van der Waals surface area (Å²) >= 11 is 0. The number of rotatable bonds is 6. The molecule has 1 rings (SSSR count). The van der Waals surface area contributed by atoms with Crippen LogP contribution in [-0.2, 0) is 14.4 Å². The minimum absolute atomic E-state index is 0.0268. The summed E-state index contributed by atoms with van der Waals surface area (Å²) in [5.41, 5.74) is 4.96. The van der Waals surface area contributed by atoms with Gasteiger partial charge in [-0.05, 0) is 26.4 Å². The predicted octanol–water partition coefficient (Wildman–Crippen LogP) is -1.23. The van der Waals surface area contributed by atoms with Gasteiger partial charge in [-0.1, -0.05) is 0 Å². The maximum atomic E-state index is 11.8. The lowest BCUT2D eigenvalue weighted by Gasteiger charge is -2.16. The van der Waals surface area contributed by atoms with E-state index in [1.54, 1.807) is 0 Å². The average molecular weight is 257 g/mol. The Balaban J connectivity index is 2.47. The zero-order valence-corrected chi connectivity index (χ0v) is 10.4. The third-order valence-corrected chi connectivity index (χ3v) is 3.06. The van der Waals surface area contributed by atoms with Gasteiger partial charge in [0.1, 0.15) is 6.04 Å². The lowest BCUT2D eigenvalue weighted by molar-refractivity contribution is -0.142. The summed E-state index contributed by atoms with van der Waals surface area (Å²) in [7, 11) is 1.91. The van der Waals surface area contributed by atoms with Gasteiger partial charge in [-0.25, -0.2) is 4.79 Å². The van der Waals surface area contributed by atoms with Crippen molar-refractivity contribution in [3.05, 3.63) is 0 Å². The van der Waals surface area contributed by atoms with Crippen molar-refractivity contribution in [3.63, 3.8) is 0 Å². The summed E-state index contributed by atoms with van der Waals surface area (Å²) in [4.78, 5) is 35.4. The second kappa shape index (κ2) is 6.34. The summed E-state index contributed by atoms with van der Waals surface area (Å²) in [5, 5.41) is 11.4. The fourth-order valence-corrected chi connectivity index (χ4v) is 1.98. The van der Waals surface area contributed by atoms with Crippen LogP contribution in [0.25, 0.3) is 0 Å². The normalized spacial score (nSPS) is 21.5. The Hall–Kier alpha value is -1.63. The minimum atomic E-state index is -1.14. The van der Waals surface area contributed by atoms with Crippen molar-refractivity contribution in [2.45, 2.75) is 25.3 Å². The fourth-order valence-electron chi connectivity index (χ4n) is 1.98. The topological polar surface area (TPSA) is 113 Å². The van der Waals surface area contributed by atoms with Gasteiger partial charge in [-0.15, -0.1) is 0 Å². The highest BCUT2D eigenvalue weighted by Crippen LogP contribution is 2.14. The number of nitrogens with one attached hydrogen (secondary N) is 1. The van der Waals surface area contributed by atoms with Gasteiger partial charge in [0, 0.05) is 13.0 Å². The summed E-state index contributed by atoms with van der Waals surface area (Å²) in [6.45, 7) is 1.46. The van der Waals surface area contributed by atoms with Crippen LogP contribution < -0.4 is 11.1 Å². The number of carbonyl (C=O) groups is 3. The highest BCUT2D eigenvalue weighted by Gasteiger charge is 2.29. The van der Waals surface area contributed by atoms with E-state index in [0.717, 1.165) is 13.0 Å². The van der Waals surface area contributed by atoms with E-state index in [1.165, 1.54) is 0 Å². The number of nitrogens with zero attached hydrogens (tertiary/aromatic N) is 1. The number of likely N-dealkylation sites (tertiary alicyclic amines) is 1. The van der Waals surface area contributed by atoms with Gasteiger partial charge in [-0.2, -0.15) is 0 Å². The van der Waals surface area contributed by atoms with E-state index in [0.29, 0.717) is 6.54 Å². The van der Waals surface area contributed by atoms with E-state index in [4.69, 9.17) is 10.8 Å². The number of amides is 2. The van der Waals surface area contributed by atoms with Gasteiger partial charge >= 0.3 is 5.97 Å². The van der Waals surface area contributed by atoms with Crippen molar-refractivity contribution in [2.24, 2.45) is 11.7 Å². The molecule has 1 fully saturated rings. The molecule has 1 saturated heterocycles. The van der Waals surface area contributed by atoms with E-state index in [-0.39, 0.29) is 24.7 Å². The molecular formula is C11H19N3O4. The summed E-state index contributed by atoms with van der Waals surface area (Å²) in [5.74, 6) is -2.16. The van der Waals surface area contributed by atoms with Crippen molar-refractivity contribution >= 4 is 17.8 Å². The van der Waals surface area contributed by atoms with E-state index >= 15 is 0 Å². The first-order valence-corrected chi connectivity index (χ1v) is 5.90. The maximum absolute atomic E-state index is 11.8. The third kappa shape index (κ3) is 4.33. The standard InChI is InChI=1S/C11H19N3O4/c1-14-5-4-7(6-14)10(16)13-8(11(17)18)2-3-9(12)15/h7-8H,2-6H2,1H3,(H2,12,15)(H,13,16)(H,17,18)/t7?,8-/m1/s1. The van der Waals surface area contributed by atoms with Crippen molar-refractivity contribution in [1.29, 1.82) is 0 Å². The number of carboxylic acid groups (broad SMARTS) is 1. The van der Waals surface area contributed by atoms with Gasteiger partial charge in [0.2, 0.25) is 11.8 Å². The summed E-state index contributed by atoms with van der Waals surface area (Å²) < 4.78 is 0. The average Bonchev–Trinajstić information content (AvgIpc) is 2.70. The molecule has 4 N–H and O–H groups in total. The lowest BCUT2D eigenvalue weighted by Crippen LogP contribution is -2.44. The van der Waals surface area contributed by atoms with E-state index < -0.39 is 17.9 Å². The minimum Gasteiger partial charge on any atom is -0.480 e. The molecule has 1 aliphatic heterocycles. The zero-order valence-electron chi connectivity index (χ0n) is 10.4. The van der Waals surface area contributed by atoms with Gasteiger partial charge in [0.05, 0.1) is 5.92 Å². The van der Waals surface area contributed by atoms with Crippen LogP contribution >= 0.6 is 0 Å². The molecule has 0 aromatic heterocycles. The molecule has 18 heavy (non-hydrogen) atoms. The smallest absolute Gasteiger partial charge is 0.326 e. The first kappa shape index (κ1) is 14.4. The van der Waals surface area contributed by atoms with Crippen molar-refractivity contribution in [1.82, 2.24) is 10.2 Å². The second-order valence-corrected chi connectivity index (χ2v) is 4.65. The quantitative estimate of drug-likeness (QED) is 0.551. The number of hydrogen-bond acceptors (Lipinski definition) is 4. The van der Waals surface area contributed by atoms with Crippen molar-refractivity contribution in [2.75, 3.05) is 20.1 Å². The third-order valence-electron chi connectivity index (χ3n) is 3.06. The SMILES string of the molecule is CN1CCC(C(=O)N[C@H](CCC(N)=O)C(=O)O)C1. The molecule has 0 spiro atoms. The number of primary amides is 1. The lowest BCUT2D eigenvalue weighted by atomic mass is 10.1. The highest BCUT2D eigenvalue weighted by atomic mass is 16.4. The molecule has 0 aromatic rings. The van der Waals surface area contributed by atoms with Gasteiger partial charge in [0.15, 0.2) is 0 Å². The molecule has 0 bridgehead atoms. The maximum Gasteiger partial charge on any atom is 0.326 e. The summed E-state index contributed by atoms with van der Waals surface area (Å²) in [6.07, 6.45) is 0.700. The second-order valence-electron chi connectivity index (χ2n) is 4.65. The molecule has 0 aliphatic carbocycles. The molecule has 7 heteroatoms. The molecule has 7 nitrogen and oxygen atoms in total. The molecule has 102 valence electrons. The first-order valence-electron chi connectivity index (χ1n) is 5.90. The van der Waals surface area contributed by atoms with E-state index in [9.17, 15) is 14.4 Å². The Bertz CT molecular complexity index is 345. The number of nitrogens with two attached hydrogens (primary N) is 1. The van der Waals surface area contributed by atoms with Crippen LogP contribution in [0.1, 0.15) is 19.3 Å². The molecule has 2 atom stereocenters. The van der Waals surface area contributed by atoms with Crippen LogP contribution in [0.5, 0.6) is 0 Å². The van der Waals surface area contributed by atoms with Crippen LogP contribution in [0.15, 0.2) is 0 Å².